The minimum atomic E-state index is -0.360. The van der Waals surface area contributed by atoms with Gasteiger partial charge in [-0.2, -0.15) is 5.21 Å². The highest BCUT2D eigenvalue weighted by molar-refractivity contribution is 7.98. The zero-order valence-corrected chi connectivity index (χ0v) is 13.7. The summed E-state index contributed by atoms with van der Waals surface area (Å²) >= 11 is 1.55. The third kappa shape index (κ3) is 5.06. The molecule has 9 heteroatoms. The zero-order valence-electron chi connectivity index (χ0n) is 12.9. The SMILES string of the molecule is CSc1ccccc1NC(=O)CCC(=O)N[C@@H](C)c1nn[nH]n1. The molecule has 3 N–H and O–H groups in total. The highest BCUT2D eigenvalue weighted by Crippen LogP contribution is 2.24. The van der Waals surface area contributed by atoms with E-state index in [0.717, 1.165) is 10.6 Å². The highest BCUT2D eigenvalue weighted by Gasteiger charge is 2.14. The van der Waals surface area contributed by atoms with Crippen LogP contribution in [0.5, 0.6) is 0 Å². The molecule has 1 aromatic heterocycles. The Balaban J connectivity index is 1.79. The molecule has 2 rings (SSSR count). The van der Waals surface area contributed by atoms with E-state index in [9.17, 15) is 9.59 Å². The number of nitrogens with one attached hydrogen (secondary N) is 3. The summed E-state index contributed by atoms with van der Waals surface area (Å²) in [5.74, 6) is -0.0406. The van der Waals surface area contributed by atoms with Crippen molar-refractivity contribution in [2.24, 2.45) is 0 Å². The van der Waals surface area contributed by atoms with Crippen LogP contribution in [0.25, 0.3) is 0 Å². The predicted molar refractivity (Wildman–Crippen MR) is 86.8 cm³/mol. The Morgan fingerprint density at radius 3 is 2.70 bits per heavy atom. The maximum absolute atomic E-state index is 12.0. The van der Waals surface area contributed by atoms with E-state index in [1.807, 2.05) is 30.5 Å². The average molecular weight is 334 g/mol. The van der Waals surface area contributed by atoms with Gasteiger partial charge in [0.05, 0.1) is 11.7 Å². The molecule has 0 bridgehead atoms. The first-order valence-corrected chi connectivity index (χ1v) is 8.28. The summed E-state index contributed by atoms with van der Waals surface area (Å²) in [6, 6.07) is 7.17. The molecule has 0 saturated heterocycles. The van der Waals surface area contributed by atoms with Crippen LogP contribution in [0.4, 0.5) is 5.69 Å². The molecule has 0 spiro atoms. The van der Waals surface area contributed by atoms with Crippen LogP contribution in [-0.4, -0.2) is 38.7 Å². The molecule has 23 heavy (non-hydrogen) atoms. The Hall–Kier alpha value is -2.42. The molecule has 0 unspecified atom stereocenters. The number of amides is 2. The number of hydrogen-bond acceptors (Lipinski definition) is 6. The van der Waals surface area contributed by atoms with Crippen LogP contribution >= 0.6 is 11.8 Å². The number of aromatic nitrogens is 4. The standard InChI is InChI=1S/C14H18N6O2S/c1-9(14-17-19-20-18-14)15-12(21)7-8-13(22)16-10-5-3-4-6-11(10)23-2/h3-6,9H,7-8H2,1-2H3,(H,15,21)(H,16,22)(H,17,18,19,20)/t9-/m0/s1. The Bertz CT molecular complexity index is 661. The summed E-state index contributed by atoms with van der Waals surface area (Å²) in [5, 5.41) is 18.9. The Kier molecular flexibility index (Phi) is 6.10. The summed E-state index contributed by atoms with van der Waals surface area (Å²) in [4.78, 5) is 24.8. The van der Waals surface area contributed by atoms with Crippen LogP contribution in [0.15, 0.2) is 29.2 Å². The summed E-state index contributed by atoms with van der Waals surface area (Å²) in [5.41, 5.74) is 0.755. The van der Waals surface area contributed by atoms with Crippen molar-refractivity contribution in [1.29, 1.82) is 0 Å². The monoisotopic (exact) mass is 334 g/mol. The van der Waals surface area contributed by atoms with Crippen LogP contribution in [0.3, 0.4) is 0 Å². The Morgan fingerprint density at radius 1 is 1.26 bits per heavy atom. The second-order valence-corrected chi connectivity index (χ2v) is 5.66. The number of carbonyl (C=O) groups excluding carboxylic acids is 2. The Labute approximate surface area is 137 Å². The number of hydrogen-bond donors (Lipinski definition) is 3. The fourth-order valence-electron chi connectivity index (χ4n) is 1.92. The summed E-state index contributed by atoms with van der Waals surface area (Å²) in [6.45, 7) is 1.75. The van der Waals surface area contributed by atoms with Crippen molar-refractivity contribution in [3.05, 3.63) is 30.1 Å². The Morgan fingerprint density at radius 2 is 2.00 bits per heavy atom. The van der Waals surface area contributed by atoms with Crippen molar-refractivity contribution < 1.29 is 9.59 Å². The van der Waals surface area contributed by atoms with E-state index in [4.69, 9.17) is 0 Å². The maximum Gasteiger partial charge on any atom is 0.224 e. The van der Waals surface area contributed by atoms with Gasteiger partial charge in [-0.1, -0.05) is 17.3 Å². The van der Waals surface area contributed by atoms with Crippen LogP contribution in [0.1, 0.15) is 31.6 Å². The van der Waals surface area contributed by atoms with Crippen molar-refractivity contribution in [1.82, 2.24) is 25.9 Å². The van der Waals surface area contributed by atoms with E-state index >= 15 is 0 Å². The van der Waals surface area contributed by atoms with Gasteiger partial charge in [0.25, 0.3) is 0 Å². The number of thioether (sulfide) groups is 1. The molecule has 2 amide bonds. The first-order valence-electron chi connectivity index (χ1n) is 7.05. The van der Waals surface area contributed by atoms with Crippen LogP contribution in [0.2, 0.25) is 0 Å². The number of para-hydroxylation sites is 1. The van der Waals surface area contributed by atoms with Gasteiger partial charge in [-0.05, 0) is 25.3 Å². The molecule has 0 aliphatic carbocycles. The molecular weight excluding hydrogens is 316 g/mol. The first kappa shape index (κ1) is 16.9. The number of anilines is 1. The minimum Gasteiger partial charge on any atom is -0.346 e. The van der Waals surface area contributed by atoms with Gasteiger partial charge in [0.1, 0.15) is 0 Å². The van der Waals surface area contributed by atoms with E-state index in [0.29, 0.717) is 5.82 Å². The lowest BCUT2D eigenvalue weighted by Gasteiger charge is -2.11. The summed E-state index contributed by atoms with van der Waals surface area (Å²) in [6.07, 6.45) is 2.14. The fraction of sp³-hybridized carbons (Fsp3) is 0.357. The van der Waals surface area contributed by atoms with E-state index in [1.54, 1.807) is 18.7 Å². The lowest BCUT2D eigenvalue weighted by molar-refractivity contribution is -0.124. The molecule has 0 saturated carbocycles. The molecule has 8 nitrogen and oxygen atoms in total. The van der Waals surface area contributed by atoms with Crippen LogP contribution in [0, 0.1) is 0 Å². The number of carbonyl (C=O) groups is 2. The molecule has 1 atom stereocenters. The number of benzene rings is 1. The normalized spacial score (nSPS) is 11.7. The van der Waals surface area contributed by atoms with Crippen molar-refractivity contribution >= 4 is 29.3 Å². The van der Waals surface area contributed by atoms with Gasteiger partial charge in [-0.3, -0.25) is 9.59 Å². The van der Waals surface area contributed by atoms with Crippen LogP contribution in [-0.2, 0) is 9.59 Å². The third-order valence-corrected chi connectivity index (χ3v) is 3.88. The van der Waals surface area contributed by atoms with Gasteiger partial charge >= 0.3 is 0 Å². The second kappa shape index (κ2) is 8.28. The number of nitrogens with zero attached hydrogens (tertiary/aromatic N) is 3. The number of tetrazole rings is 1. The maximum atomic E-state index is 12.0. The average Bonchev–Trinajstić information content (AvgIpc) is 3.08. The molecule has 0 fully saturated rings. The summed E-state index contributed by atoms with van der Waals surface area (Å²) < 4.78 is 0. The van der Waals surface area contributed by atoms with Crippen molar-refractivity contribution in [2.75, 3.05) is 11.6 Å². The van der Waals surface area contributed by atoms with E-state index in [1.165, 1.54) is 0 Å². The molecular formula is C14H18N6O2S. The third-order valence-electron chi connectivity index (χ3n) is 3.09. The highest BCUT2D eigenvalue weighted by atomic mass is 32.2. The molecule has 1 aromatic carbocycles. The van der Waals surface area contributed by atoms with Crippen LogP contribution < -0.4 is 10.6 Å². The minimum absolute atomic E-state index is 0.0927. The van der Waals surface area contributed by atoms with E-state index < -0.39 is 0 Å². The van der Waals surface area contributed by atoms with Crippen molar-refractivity contribution in [2.45, 2.75) is 30.7 Å². The largest absolute Gasteiger partial charge is 0.346 e. The lowest BCUT2D eigenvalue weighted by Crippen LogP contribution is -2.28. The van der Waals surface area contributed by atoms with Gasteiger partial charge in [0.15, 0.2) is 5.82 Å². The zero-order chi connectivity index (χ0) is 16.7. The van der Waals surface area contributed by atoms with Gasteiger partial charge < -0.3 is 10.6 Å². The smallest absolute Gasteiger partial charge is 0.224 e. The molecule has 0 radical (unpaired) electrons. The molecule has 122 valence electrons. The number of rotatable bonds is 7. The predicted octanol–water partition coefficient (Wildman–Crippen LogP) is 1.52. The van der Waals surface area contributed by atoms with Gasteiger partial charge in [0, 0.05) is 17.7 Å². The fourth-order valence-corrected chi connectivity index (χ4v) is 2.47. The molecule has 1 heterocycles. The topological polar surface area (TPSA) is 113 Å². The van der Waals surface area contributed by atoms with Crippen molar-refractivity contribution in [3.8, 4) is 0 Å². The van der Waals surface area contributed by atoms with Gasteiger partial charge in [-0.15, -0.1) is 22.0 Å². The first-order chi connectivity index (χ1) is 11.1. The number of H-pyrrole nitrogens is 1. The van der Waals surface area contributed by atoms with Gasteiger partial charge in [-0.25, -0.2) is 0 Å². The second-order valence-electron chi connectivity index (χ2n) is 4.81. The molecule has 0 aliphatic rings. The quantitative estimate of drug-likeness (QED) is 0.662. The molecule has 2 aromatic rings. The van der Waals surface area contributed by atoms with Crippen molar-refractivity contribution in [3.63, 3.8) is 0 Å². The van der Waals surface area contributed by atoms with Gasteiger partial charge in [0.2, 0.25) is 11.8 Å². The van der Waals surface area contributed by atoms with E-state index in [-0.39, 0.29) is 30.7 Å². The molecule has 0 aliphatic heterocycles. The summed E-state index contributed by atoms with van der Waals surface area (Å²) in [7, 11) is 0. The van der Waals surface area contributed by atoms with E-state index in [2.05, 4.69) is 31.3 Å². The lowest BCUT2D eigenvalue weighted by atomic mass is 10.2. The number of aromatic amines is 1.